The van der Waals surface area contributed by atoms with Crippen molar-refractivity contribution in [2.45, 2.75) is 19.6 Å². The minimum atomic E-state index is -0.951. The Morgan fingerprint density at radius 1 is 0.423 bits per heavy atom. The lowest BCUT2D eigenvalue weighted by atomic mass is 10.3. The molecule has 1 aliphatic rings. The van der Waals surface area contributed by atoms with Crippen LogP contribution in [-0.2, 0) is 0 Å². The maximum absolute atomic E-state index is 13.1. The Kier molecular flexibility index (Phi) is 5.52. The molecule has 0 saturated carbocycles. The van der Waals surface area contributed by atoms with Gasteiger partial charge in [0.05, 0.1) is 0 Å². The third-order valence-electron chi connectivity index (χ3n) is 3.24. The Hall–Kier alpha value is -2.06. The van der Waals surface area contributed by atoms with E-state index in [1.165, 1.54) is 12.1 Å². The number of rotatable bonds is 0. The smallest absolute Gasteiger partial charge is 0.160 e. The summed E-state index contributed by atoms with van der Waals surface area (Å²) in [6, 6.07) is 9.29. The van der Waals surface area contributed by atoms with Gasteiger partial charge in [-0.25, -0.2) is 26.3 Å². The highest BCUT2D eigenvalue weighted by molar-refractivity contribution is 8.05. The van der Waals surface area contributed by atoms with E-state index in [2.05, 4.69) is 0 Å². The van der Waals surface area contributed by atoms with Crippen LogP contribution >= 0.6 is 23.5 Å². The zero-order valence-electron chi connectivity index (χ0n) is 12.7. The van der Waals surface area contributed by atoms with Crippen LogP contribution in [0.25, 0.3) is 0 Å². The van der Waals surface area contributed by atoms with Gasteiger partial charge in [-0.15, -0.1) is 0 Å². The highest BCUT2D eigenvalue weighted by atomic mass is 32.2. The fourth-order valence-electron chi connectivity index (χ4n) is 2.02. The van der Waals surface area contributed by atoms with E-state index >= 15 is 0 Å². The fourth-order valence-corrected chi connectivity index (χ4v) is 4.28. The highest BCUT2D eigenvalue weighted by Gasteiger charge is 2.21. The minimum Gasteiger partial charge on any atom is -0.204 e. The maximum atomic E-state index is 13.1. The normalized spacial score (nSPS) is 11.9. The average molecular weight is 402 g/mol. The molecule has 0 spiro atoms. The molecular formula is C18H8F6S2. The first-order chi connectivity index (χ1) is 12.3. The lowest BCUT2D eigenvalue weighted by Gasteiger charge is -2.18. The molecule has 0 nitrogen and oxygen atoms in total. The minimum absolute atomic E-state index is 0.498. The second-order valence-electron chi connectivity index (χ2n) is 5.04. The van der Waals surface area contributed by atoms with Crippen LogP contribution in [0.3, 0.4) is 0 Å². The van der Waals surface area contributed by atoms with Crippen molar-refractivity contribution >= 4 is 23.5 Å². The Morgan fingerprint density at radius 2 is 0.692 bits per heavy atom. The van der Waals surface area contributed by atoms with Crippen molar-refractivity contribution in [2.24, 2.45) is 0 Å². The molecule has 0 unspecified atom stereocenters. The molecule has 0 amide bonds. The maximum Gasteiger partial charge on any atom is 0.160 e. The van der Waals surface area contributed by atoms with Crippen molar-refractivity contribution in [1.29, 1.82) is 0 Å². The predicted octanol–water partition coefficient (Wildman–Crippen LogP) is 6.82. The van der Waals surface area contributed by atoms with Gasteiger partial charge in [0.15, 0.2) is 34.9 Å². The number of benzene rings is 3. The molecule has 0 N–H and O–H groups in total. The van der Waals surface area contributed by atoms with Crippen molar-refractivity contribution in [3.05, 3.63) is 83.4 Å². The van der Waals surface area contributed by atoms with Crippen LogP contribution in [0.2, 0.25) is 0 Å². The Morgan fingerprint density at radius 3 is 0.923 bits per heavy atom. The van der Waals surface area contributed by atoms with Crippen LogP contribution in [0.5, 0.6) is 0 Å². The van der Waals surface area contributed by atoms with Crippen LogP contribution in [0.1, 0.15) is 0 Å². The monoisotopic (exact) mass is 402 g/mol. The number of hydrogen-bond donors (Lipinski definition) is 0. The largest absolute Gasteiger partial charge is 0.204 e. The summed E-state index contributed by atoms with van der Waals surface area (Å²) in [6.45, 7) is 0. The zero-order valence-corrected chi connectivity index (χ0v) is 14.3. The van der Waals surface area contributed by atoms with Crippen LogP contribution in [-0.4, -0.2) is 0 Å². The molecule has 26 heavy (non-hydrogen) atoms. The van der Waals surface area contributed by atoms with E-state index in [-0.39, 0.29) is 0 Å². The lowest BCUT2D eigenvalue weighted by molar-refractivity contribution is 0.500. The van der Waals surface area contributed by atoms with Crippen molar-refractivity contribution in [2.75, 3.05) is 0 Å². The van der Waals surface area contributed by atoms with Gasteiger partial charge >= 0.3 is 0 Å². The fraction of sp³-hybridized carbons (Fsp3) is 0. The summed E-state index contributed by atoms with van der Waals surface area (Å²) in [7, 11) is 0. The van der Waals surface area contributed by atoms with Gasteiger partial charge < -0.3 is 0 Å². The Bertz CT molecular complexity index is 842. The van der Waals surface area contributed by atoms with Gasteiger partial charge in [0.2, 0.25) is 0 Å². The van der Waals surface area contributed by atoms with Crippen molar-refractivity contribution in [1.82, 2.24) is 0 Å². The first-order valence-corrected chi connectivity index (χ1v) is 8.72. The molecule has 0 radical (unpaired) electrons. The van der Waals surface area contributed by atoms with Crippen LogP contribution in [0.4, 0.5) is 26.3 Å². The molecule has 0 bridgehead atoms. The van der Waals surface area contributed by atoms with Crippen molar-refractivity contribution in [3.8, 4) is 0 Å². The third kappa shape index (κ3) is 4.02. The van der Waals surface area contributed by atoms with Crippen LogP contribution in [0, 0.1) is 34.9 Å². The van der Waals surface area contributed by atoms with Gasteiger partial charge in [-0.2, -0.15) is 0 Å². The molecule has 1 heterocycles. The molecule has 134 valence electrons. The second kappa shape index (κ2) is 7.67. The summed E-state index contributed by atoms with van der Waals surface area (Å²) in [5.41, 5.74) is 0. The number of hydrogen-bond acceptors (Lipinski definition) is 2. The molecule has 0 aliphatic carbocycles. The average Bonchev–Trinajstić information content (AvgIpc) is 2.59. The quantitative estimate of drug-likeness (QED) is 0.296. The van der Waals surface area contributed by atoms with E-state index in [0.717, 1.165) is 59.9 Å². The first kappa shape index (κ1) is 18.7. The molecule has 4 rings (SSSR count). The Labute approximate surface area is 153 Å². The summed E-state index contributed by atoms with van der Waals surface area (Å²) >= 11 is 2.19. The number of fused-ring (bicyclic) bond motifs is 2. The summed E-state index contributed by atoms with van der Waals surface area (Å²) < 4.78 is 76.3. The van der Waals surface area contributed by atoms with E-state index < -0.39 is 34.9 Å². The van der Waals surface area contributed by atoms with E-state index in [1.54, 1.807) is 0 Å². The molecule has 1 aliphatic heterocycles. The van der Waals surface area contributed by atoms with Gasteiger partial charge in [0.1, 0.15) is 0 Å². The molecule has 3 aromatic carbocycles. The van der Waals surface area contributed by atoms with Gasteiger partial charge in [0, 0.05) is 19.6 Å². The van der Waals surface area contributed by atoms with Crippen LogP contribution in [0.15, 0.2) is 68.1 Å². The molecule has 0 saturated heterocycles. The number of halogens is 6. The standard InChI is InChI=1S/C12H4F4S2.C6H4F2/c13-5-1-9-10(2-6(5)14)18-12-4-8(16)7(15)3-11(12)17-9;7-5-3-1-2-4-6(5)8/h1-4H;1-4H. The van der Waals surface area contributed by atoms with E-state index in [9.17, 15) is 26.3 Å². The van der Waals surface area contributed by atoms with E-state index in [1.807, 2.05) is 0 Å². The van der Waals surface area contributed by atoms with Gasteiger partial charge in [-0.1, -0.05) is 35.7 Å². The molecule has 0 aromatic heterocycles. The Balaban J connectivity index is 0.000000206. The SMILES string of the molecule is Fc1cc2c(cc1F)Sc1cc(F)c(F)cc1S2.Fc1ccccc1F. The summed E-state index contributed by atoms with van der Waals surface area (Å²) in [5.74, 6) is -5.40. The van der Waals surface area contributed by atoms with E-state index in [0.29, 0.717) is 19.6 Å². The van der Waals surface area contributed by atoms with Crippen molar-refractivity contribution in [3.63, 3.8) is 0 Å². The highest BCUT2D eigenvalue weighted by Crippen LogP contribution is 2.49. The molecule has 0 atom stereocenters. The summed E-state index contributed by atoms with van der Waals surface area (Å²) in [5, 5.41) is 0. The summed E-state index contributed by atoms with van der Waals surface area (Å²) in [4.78, 5) is 1.99. The second-order valence-corrected chi connectivity index (χ2v) is 7.21. The molecular weight excluding hydrogens is 394 g/mol. The molecule has 3 aromatic rings. The lowest BCUT2D eigenvalue weighted by Crippen LogP contribution is -1.95. The van der Waals surface area contributed by atoms with Gasteiger partial charge in [-0.3, -0.25) is 0 Å². The van der Waals surface area contributed by atoms with Gasteiger partial charge in [-0.05, 0) is 36.4 Å². The molecule has 0 fully saturated rings. The third-order valence-corrected chi connectivity index (χ3v) is 5.73. The molecule has 8 heteroatoms. The van der Waals surface area contributed by atoms with Crippen molar-refractivity contribution < 1.29 is 26.3 Å². The predicted molar refractivity (Wildman–Crippen MR) is 87.3 cm³/mol. The van der Waals surface area contributed by atoms with Crippen LogP contribution < -0.4 is 0 Å². The topological polar surface area (TPSA) is 0 Å². The zero-order chi connectivity index (χ0) is 18.8. The van der Waals surface area contributed by atoms with E-state index in [4.69, 9.17) is 0 Å². The summed E-state index contributed by atoms with van der Waals surface area (Å²) in [6.07, 6.45) is 0. The first-order valence-electron chi connectivity index (χ1n) is 7.09. The van der Waals surface area contributed by atoms with Gasteiger partial charge in [0.25, 0.3) is 0 Å².